The maximum absolute atomic E-state index is 12.1. The summed E-state index contributed by atoms with van der Waals surface area (Å²) in [5, 5.41) is 14.0. The minimum Gasteiger partial charge on any atom is -0.340 e. The summed E-state index contributed by atoms with van der Waals surface area (Å²) in [7, 11) is 0. The van der Waals surface area contributed by atoms with Gasteiger partial charge in [-0.15, -0.1) is 12.4 Å². The number of amides is 1. The monoisotopic (exact) mass is 299 g/mol. The van der Waals surface area contributed by atoms with Crippen LogP contribution in [-0.4, -0.2) is 41.4 Å². The van der Waals surface area contributed by atoms with Crippen LogP contribution in [0, 0.1) is 10.1 Å². The van der Waals surface area contributed by atoms with E-state index in [9.17, 15) is 14.9 Å². The van der Waals surface area contributed by atoms with Crippen LogP contribution in [0.15, 0.2) is 24.3 Å². The molecule has 7 heteroatoms. The molecule has 2 rings (SSSR count). The Labute approximate surface area is 123 Å². The maximum atomic E-state index is 12.1. The van der Waals surface area contributed by atoms with Gasteiger partial charge in [0.15, 0.2) is 0 Å². The third kappa shape index (κ3) is 4.18. The summed E-state index contributed by atoms with van der Waals surface area (Å²) >= 11 is 0. The summed E-state index contributed by atoms with van der Waals surface area (Å²) in [6, 6.07) is 6.55. The van der Waals surface area contributed by atoms with E-state index in [0.29, 0.717) is 24.7 Å². The third-order valence-corrected chi connectivity index (χ3v) is 3.20. The number of hydrogen-bond donors (Lipinski definition) is 1. The standard InChI is InChI=1S/C13H17N3O3.ClH/c1-10-9-15(6-5-14-10)13(17)8-11-3-2-4-12(7-11)16(18)19;/h2-4,7,10,14H,5-6,8-9H2,1H3;1H. The van der Waals surface area contributed by atoms with Crippen molar-refractivity contribution in [2.75, 3.05) is 19.6 Å². The molecular formula is C13H18ClN3O3. The lowest BCUT2D eigenvalue weighted by atomic mass is 10.1. The Balaban J connectivity index is 0.00000200. The summed E-state index contributed by atoms with van der Waals surface area (Å²) in [6.45, 7) is 4.21. The second-order valence-electron chi connectivity index (χ2n) is 4.80. The van der Waals surface area contributed by atoms with E-state index in [1.807, 2.05) is 6.92 Å². The fraction of sp³-hybridized carbons (Fsp3) is 0.462. The molecule has 0 aromatic heterocycles. The Kier molecular flexibility index (Phi) is 5.91. The quantitative estimate of drug-likeness (QED) is 0.676. The fourth-order valence-corrected chi connectivity index (χ4v) is 2.23. The van der Waals surface area contributed by atoms with E-state index >= 15 is 0 Å². The van der Waals surface area contributed by atoms with Gasteiger partial charge in [-0.25, -0.2) is 0 Å². The lowest BCUT2D eigenvalue weighted by Crippen LogP contribution is -2.51. The number of nitrogens with one attached hydrogen (secondary N) is 1. The van der Waals surface area contributed by atoms with Crippen LogP contribution in [0.1, 0.15) is 12.5 Å². The normalized spacial score (nSPS) is 18.2. The number of rotatable bonds is 3. The smallest absolute Gasteiger partial charge is 0.269 e. The van der Waals surface area contributed by atoms with Gasteiger partial charge in [0, 0.05) is 37.8 Å². The second kappa shape index (κ2) is 7.21. The number of benzene rings is 1. The third-order valence-electron chi connectivity index (χ3n) is 3.20. The van der Waals surface area contributed by atoms with E-state index in [4.69, 9.17) is 0 Å². The first-order chi connectivity index (χ1) is 9.06. The lowest BCUT2D eigenvalue weighted by Gasteiger charge is -2.32. The van der Waals surface area contributed by atoms with Gasteiger partial charge in [-0.05, 0) is 12.5 Å². The molecule has 0 radical (unpaired) electrons. The molecule has 20 heavy (non-hydrogen) atoms. The lowest BCUT2D eigenvalue weighted by molar-refractivity contribution is -0.384. The first-order valence-electron chi connectivity index (χ1n) is 6.31. The second-order valence-corrected chi connectivity index (χ2v) is 4.80. The molecule has 6 nitrogen and oxygen atoms in total. The molecule has 110 valence electrons. The highest BCUT2D eigenvalue weighted by atomic mass is 35.5. The van der Waals surface area contributed by atoms with Crippen LogP contribution >= 0.6 is 12.4 Å². The summed E-state index contributed by atoms with van der Waals surface area (Å²) in [5.74, 6) is 0.0221. The van der Waals surface area contributed by atoms with E-state index in [-0.39, 0.29) is 30.4 Å². The van der Waals surface area contributed by atoms with Crippen molar-refractivity contribution in [1.82, 2.24) is 10.2 Å². The Morgan fingerprint density at radius 2 is 2.30 bits per heavy atom. The van der Waals surface area contributed by atoms with E-state index in [1.54, 1.807) is 17.0 Å². The van der Waals surface area contributed by atoms with E-state index in [2.05, 4.69) is 5.32 Å². The molecule has 1 N–H and O–H groups in total. The maximum Gasteiger partial charge on any atom is 0.269 e. The molecule has 0 bridgehead atoms. The molecule has 1 aliphatic rings. The Morgan fingerprint density at radius 1 is 1.55 bits per heavy atom. The Morgan fingerprint density at radius 3 is 2.95 bits per heavy atom. The molecule has 1 fully saturated rings. The van der Waals surface area contributed by atoms with Crippen molar-refractivity contribution in [2.45, 2.75) is 19.4 Å². The number of hydrogen-bond acceptors (Lipinski definition) is 4. The number of carbonyl (C=O) groups excluding carboxylic acids is 1. The molecule has 0 spiro atoms. The summed E-state index contributed by atoms with van der Waals surface area (Å²) < 4.78 is 0. The minimum atomic E-state index is -0.444. The largest absolute Gasteiger partial charge is 0.340 e. The minimum absolute atomic E-state index is 0. The summed E-state index contributed by atoms with van der Waals surface area (Å²) in [5.41, 5.74) is 0.712. The van der Waals surface area contributed by atoms with Crippen molar-refractivity contribution >= 4 is 24.0 Å². The van der Waals surface area contributed by atoms with Crippen molar-refractivity contribution < 1.29 is 9.72 Å². The topological polar surface area (TPSA) is 75.5 Å². The van der Waals surface area contributed by atoms with Crippen LogP contribution in [0.25, 0.3) is 0 Å². The van der Waals surface area contributed by atoms with Gasteiger partial charge in [0.1, 0.15) is 0 Å². The number of nitro groups is 1. The fourth-order valence-electron chi connectivity index (χ4n) is 2.23. The molecule has 1 saturated heterocycles. The number of carbonyl (C=O) groups is 1. The number of halogens is 1. The van der Waals surface area contributed by atoms with Crippen LogP contribution in [0.2, 0.25) is 0 Å². The number of non-ortho nitro benzene ring substituents is 1. The van der Waals surface area contributed by atoms with Crippen LogP contribution < -0.4 is 5.32 Å². The van der Waals surface area contributed by atoms with Gasteiger partial charge in [-0.3, -0.25) is 14.9 Å². The molecule has 1 aromatic rings. The predicted octanol–water partition coefficient (Wildman–Crippen LogP) is 1.38. The predicted molar refractivity (Wildman–Crippen MR) is 78.1 cm³/mol. The van der Waals surface area contributed by atoms with Crippen molar-refractivity contribution in [2.24, 2.45) is 0 Å². The van der Waals surface area contributed by atoms with Crippen LogP contribution in [0.5, 0.6) is 0 Å². The first kappa shape index (κ1) is 16.4. The number of piperazine rings is 1. The zero-order valence-electron chi connectivity index (χ0n) is 11.2. The average molecular weight is 300 g/mol. The zero-order chi connectivity index (χ0) is 13.8. The molecule has 1 unspecified atom stereocenters. The van der Waals surface area contributed by atoms with Gasteiger partial charge >= 0.3 is 0 Å². The molecule has 1 heterocycles. The molecule has 1 aromatic carbocycles. The number of nitrogens with zero attached hydrogens (tertiary/aromatic N) is 2. The van der Waals surface area contributed by atoms with Crippen molar-refractivity contribution in [3.63, 3.8) is 0 Å². The summed E-state index contributed by atoms with van der Waals surface area (Å²) in [6.07, 6.45) is 0.217. The van der Waals surface area contributed by atoms with Gasteiger partial charge in [0.2, 0.25) is 5.91 Å². The van der Waals surface area contributed by atoms with Crippen LogP contribution in [-0.2, 0) is 11.2 Å². The molecule has 1 amide bonds. The van der Waals surface area contributed by atoms with Crippen molar-refractivity contribution in [3.05, 3.63) is 39.9 Å². The van der Waals surface area contributed by atoms with Gasteiger partial charge in [-0.1, -0.05) is 12.1 Å². The SMILES string of the molecule is CC1CN(C(=O)Cc2cccc([N+](=O)[O-])c2)CCN1.Cl. The Hall–Kier alpha value is -1.66. The first-order valence-corrected chi connectivity index (χ1v) is 6.31. The molecule has 0 saturated carbocycles. The van der Waals surface area contributed by atoms with Gasteiger partial charge in [0.05, 0.1) is 11.3 Å². The molecule has 1 atom stereocenters. The van der Waals surface area contributed by atoms with E-state index in [1.165, 1.54) is 12.1 Å². The van der Waals surface area contributed by atoms with Gasteiger partial charge in [0.25, 0.3) is 5.69 Å². The van der Waals surface area contributed by atoms with Crippen molar-refractivity contribution in [1.29, 1.82) is 0 Å². The highest BCUT2D eigenvalue weighted by Crippen LogP contribution is 2.14. The Bertz CT molecular complexity index is 496. The molecule has 0 aliphatic carbocycles. The average Bonchev–Trinajstić information content (AvgIpc) is 2.39. The van der Waals surface area contributed by atoms with Crippen LogP contribution in [0.3, 0.4) is 0 Å². The van der Waals surface area contributed by atoms with Gasteiger partial charge in [-0.2, -0.15) is 0 Å². The highest BCUT2D eigenvalue weighted by Gasteiger charge is 2.20. The zero-order valence-corrected chi connectivity index (χ0v) is 12.1. The van der Waals surface area contributed by atoms with E-state index < -0.39 is 4.92 Å². The number of nitro benzene ring substituents is 1. The van der Waals surface area contributed by atoms with E-state index in [0.717, 1.165) is 6.54 Å². The van der Waals surface area contributed by atoms with Crippen LogP contribution in [0.4, 0.5) is 5.69 Å². The van der Waals surface area contributed by atoms with Crippen molar-refractivity contribution in [3.8, 4) is 0 Å². The van der Waals surface area contributed by atoms with Gasteiger partial charge < -0.3 is 10.2 Å². The highest BCUT2D eigenvalue weighted by molar-refractivity contribution is 5.85. The molecule has 1 aliphatic heterocycles. The molecular weight excluding hydrogens is 282 g/mol. The summed E-state index contributed by atoms with van der Waals surface area (Å²) in [4.78, 5) is 24.2.